The molecule has 0 aliphatic rings. The molecular formula is C12H9N3O2. The Morgan fingerprint density at radius 1 is 1.18 bits per heavy atom. The molecule has 0 unspecified atom stereocenters. The minimum Gasteiger partial charge on any atom is -0.508 e. The molecule has 3 rings (SSSR count). The molecule has 84 valence electrons. The van der Waals surface area contributed by atoms with Crippen LogP contribution in [0.15, 0.2) is 47.7 Å². The lowest BCUT2D eigenvalue weighted by molar-refractivity contribution is 0.475. The second-order valence-electron chi connectivity index (χ2n) is 3.67. The van der Waals surface area contributed by atoms with Gasteiger partial charge in [-0.05, 0) is 30.3 Å². The Morgan fingerprint density at radius 2 is 1.94 bits per heavy atom. The number of rotatable bonds is 1. The van der Waals surface area contributed by atoms with Crippen LogP contribution in [0.25, 0.3) is 16.7 Å². The van der Waals surface area contributed by atoms with Crippen LogP contribution in [0.2, 0.25) is 0 Å². The molecule has 3 aromatic rings. The molecule has 0 aliphatic heterocycles. The topological polar surface area (TPSA) is 70.9 Å². The molecule has 5 nitrogen and oxygen atoms in total. The van der Waals surface area contributed by atoms with E-state index in [1.54, 1.807) is 41.1 Å². The average Bonchev–Trinajstić information content (AvgIpc) is 2.75. The lowest BCUT2D eigenvalue weighted by Gasteiger charge is -2.03. The highest BCUT2D eigenvalue weighted by Gasteiger charge is 2.06. The van der Waals surface area contributed by atoms with Crippen LogP contribution in [0.5, 0.6) is 5.75 Å². The number of benzene rings is 1. The summed E-state index contributed by atoms with van der Waals surface area (Å²) in [6.07, 6.45) is 3.15. The maximum atomic E-state index is 11.5. The van der Waals surface area contributed by atoms with E-state index in [1.807, 2.05) is 0 Å². The third-order valence-corrected chi connectivity index (χ3v) is 2.61. The fraction of sp³-hybridized carbons (Fsp3) is 0. The number of H-pyrrole nitrogens is 1. The third-order valence-electron chi connectivity index (χ3n) is 2.61. The Kier molecular flexibility index (Phi) is 1.98. The van der Waals surface area contributed by atoms with Crippen molar-refractivity contribution in [3.05, 3.63) is 53.2 Å². The predicted molar refractivity (Wildman–Crippen MR) is 63.4 cm³/mol. The van der Waals surface area contributed by atoms with Crippen molar-refractivity contribution in [3.63, 3.8) is 0 Å². The molecule has 5 heteroatoms. The van der Waals surface area contributed by atoms with Gasteiger partial charge in [-0.15, -0.1) is 0 Å². The first-order valence-electron chi connectivity index (χ1n) is 5.10. The molecule has 0 radical (unpaired) electrons. The predicted octanol–water partition coefficient (Wildman–Crippen LogP) is 1.42. The van der Waals surface area contributed by atoms with Crippen LogP contribution in [0, 0.1) is 0 Å². The molecule has 0 amide bonds. The molecule has 0 saturated heterocycles. The van der Waals surface area contributed by atoms with Crippen molar-refractivity contribution in [2.45, 2.75) is 0 Å². The second-order valence-corrected chi connectivity index (χ2v) is 3.67. The van der Waals surface area contributed by atoms with Gasteiger partial charge in [-0.3, -0.25) is 4.79 Å². The highest BCUT2D eigenvalue weighted by atomic mass is 16.3. The summed E-state index contributed by atoms with van der Waals surface area (Å²) in [5.74, 6) is 0.205. The first kappa shape index (κ1) is 9.65. The molecule has 0 spiro atoms. The Labute approximate surface area is 96.0 Å². The molecule has 0 bridgehead atoms. The average molecular weight is 227 g/mol. The van der Waals surface area contributed by atoms with Crippen LogP contribution in [0.4, 0.5) is 0 Å². The number of fused-ring (bicyclic) bond motifs is 1. The number of hydrogen-bond donors (Lipinski definition) is 2. The van der Waals surface area contributed by atoms with Gasteiger partial charge in [-0.25, -0.2) is 4.98 Å². The van der Waals surface area contributed by atoms with Crippen LogP contribution in [-0.2, 0) is 0 Å². The van der Waals surface area contributed by atoms with Crippen molar-refractivity contribution in [2.75, 3.05) is 0 Å². The maximum absolute atomic E-state index is 11.5. The summed E-state index contributed by atoms with van der Waals surface area (Å²) >= 11 is 0. The van der Waals surface area contributed by atoms with Crippen molar-refractivity contribution >= 4 is 11.0 Å². The molecule has 0 fully saturated rings. The number of nitrogens with one attached hydrogen (secondary N) is 1. The van der Waals surface area contributed by atoms with Crippen LogP contribution in [0.3, 0.4) is 0 Å². The van der Waals surface area contributed by atoms with Crippen molar-refractivity contribution in [2.24, 2.45) is 0 Å². The van der Waals surface area contributed by atoms with Crippen molar-refractivity contribution in [1.82, 2.24) is 14.5 Å². The summed E-state index contributed by atoms with van der Waals surface area (Å²) in [5, 5.41) is 9.77. The minimum absolute atomic E-state index is 0.160. The van der Waals surface area contributed by atoms with Crippen LogP contribution in [0.1, 0.15) is 0 Å². The van der Waals surface area contributed by atoms with Gasteiger partial charge in [0.1, 0.15) is 5.75 Å². The second kappa shape index (κ2) is 3.48. The molecular weight excluding hydrogens is 218 g/mol. The van der Waals surface area contributed by atoms with Gasteiger partial charge < -0.3 is 14.7 Å². The number of aromatic hydroxyl groups is 1. The summed E-state index contributed by atoms with van der Waals surface area (Å²) in [7, 11) is 0. The Bertz CT molecular complexity index is 725. The quantitative estimate of drug-likeness (QED) is 0.660. The highest BCUT2D eigenvalue weighted by molar-refractivity contribution is 5.76. The van der Waals surface area contributed by atoms with E-state index in [2.05, 4.69) is 9.97 Å². The fourth-order valence-electron chi connectivity index (χ4n) is 1.78. The highest BCUT2D eigenvalue weighted by Crippen LogP contribution is 2.18. The van der Waals surface area contributed by atoms with Crippen molar-refractivity contribution in [3.8, 4) is 11.4 Å². The Hall–Kier alpha value is -2.56. The van der Waals surface area contributed by atoms with E-state index < -0.39 is 0 Å². The van der Waals surface area contributed by atoms with Gasteiger partial charge in [0, 0.05) is 11.9 Å². The van der Waals surface area contributed by atoms with Gasteiger partial charge in [0.05, 0.1) is 11.7 Å². The van der Waals surface area contributed by atoms with Crippen molar-refractivity contribution in [1.29, 1.82) is 0 Å². The van der Waals surface area contributed by atoms with Crippen LogP contribution >= 0.6 is 0 Å². The zero-order chi connectivity index (χ0) is 11.8. The standard InChI is InChI=1S/C12H9N3O2/c16-9-3-1-8(2-4-9)15-6-5-10-11(15)13-7-14-12(10)17/h1-7,16H,(H,13,14,17). The molecule has 0 aliphatic carbocycles. The van der Waals surface area contributed by atoms with E-state index in [0.29, 0.717) is 11.0 Å². The molecule has 17 heavy (non-hydrogen) atoms. The number of aromatic amines is 1. The van der Waals surface area contributed by atoms with E-state index in [-0.39, 0.29) is 11.3 Å². The maximum Gasteiger partial charge on any atom is 0.260 e. The summed E-state index contributed by atoms with van der Waals surface area (Å²) in [6, 6.07) is 8.42. The first-order valence-corrected chi connectivity index (χ1v) is 5.10. The largest absolute Gasteiger partial charge is 0.508 e. The number of phenolic OH excluding ortho intramolecular Hbond substituents is 1. The molecule has 2 heterocycles. The smallest absolute Gasteiger partial charge is 0.260 e. The van der Waals surface area contributed by atoms with E-state index >= 15 is 0 Å². The monoisotopic (exact) mass is 227 g/mol. The number of aromatic nitrogens is 3. The van der Waals surface area contributed by atoms with Crippen LogP contribution < -0.4 is 5.56 Å². The van der Waals surface area contributed by atoms with Gasteiger partial charge in [0.2, 0.25) is 0 Å². The molecule has 2 N–H and O–H groups in total. The summed E-state index contributed by atoms with van der Waals surface area (Å²) in [6.45, 7) is 0. The molecule has 2 aromatic heterocycles. The Morgan fingerprint density at radius 3 is 2.71 bits per heavy atom. The SMILES string of the molecule is O=c1[nH]cnc2c1ccn2-c1ccc(O)cc1. The summed E-state index contributed by atoms with van der Waals surface area (Å²) < 4.78 is 1.80. The fourth-order valence-corrected chi connectivity index (χ4v) is 1.78. The summed E-state index contributed by atoms with van der Waals surface area (Å²) in [4.78, 5) is 18.2. The van der Waals surface area contributed by atoms with E-state index in [0.717, 1.165) is 5.69 Å². The number of nitrogens with zero attached hydrogens (tertiary/aromatic N) is 2. The zero-order valence-corrected chi connectivity index (χ0v) is 8.79. The number of hydrogen-bond acceptors (Lipinski definition) is 3. The first-order chi connectivity index (χ1) is 8.25. The van der Waals surface area contributed by atoms with E-state index in [1.165, 1.54) is 6.33 Å². The van der Waals surface area contributed by atoms with Crippen LogP contribution in [-0.4, -0.2) is 19.6 Å². The molecule has 0 saturated carbocycles. The number of phenols is 1. The zero-order valence-electron chi connectivity index (χ0n) is 8.79. The van der Waals surface area contributed by atoms with Gasteiger partial charge in [-0.2, -0.15) is 0 Å². The Balaban J connectivity index is 2.28. The van der Waals surface area contributed by atoms with Gasteiger partial charge >= 0.3 is 0 Å². The minimum atomic E-state index is -0.160. The lowest BCUT2D eigenvalue weighted by atomic mass is 10.3. The van der Waals surface area contributed by atoms with Gasteiger partial charge in [0.25, 0.3) is 5.56 Å². The van der Waals surface area contributed by atoms with E-state index in [4.69, 9.17) is 0 Å². The summed E-state index contributed by atoms with van der Waals surface area (Å²) in [5.41, 5.74) is 1.28. The van der Waals surface area contributed by atoms with Gasteiger partial charge in [-0.1, -0.05) is 0 Å². The third kappa shape index (κ3) is 1.48. The molecule has 0 atom stereocenters. The van der Waals surface area contributed by atoms with Gasteiger partial charge in [0.15, 0.2) is 5.65 Å². The molecule has 1 aromatic carbocycles. The van der Waals surface area contributed by atoms with E-state index in [9.17, 15) is 9.90 Å². The van der Waals surface area contributed by atoms with Crippen molar-refractivity contribution < 1.29 is 5.11 Å². The lowest BCUT2D eigenvalue weighted by Crippen LogP contribution is -2.06. The normalized spacial score (nSPS) is 10.8.